The first-order chi connectivity index (χ1) is 18.4. The zero-order valence-corrected chi connectivity index (χ0v) is 21.2. The molecule has 210 valence electrons. The van der Waals surface area contributed by atoms with Gasteiger partial charge in [0.05, 0.1) is 29.9 Å². The smallest absolute Gasteiger partial charge is 0.416 e. The maximum absolute atomic E-state index is 13.4. The summed E-state index contributed by atoms with van der Waals surface area (Å²) in [5.74, 6) is -3.07. The number of rotatable bonds is 5. The lowest BCUT2D eigenvalue weighted by molar-refractivity contribution is -0.137. The van der Waals surface area contributed by atoms with Gasteiger partial charge in [0.15, 0.2) is 0 Å². The lowest BCUT2D eigenvalue weighted by atomic mass is 9.91. The Hall–Kier alpha value is -3.28. The molecule has 5 rings (SSSR count). The molecule has 1 aromatic carbocycles. The van der Waals surface area contributed by atoms with Crippen molar-refractivity contribution in [2.45, 2.75) is 56.5 Å². The van der Waals surface area contributed by atoms with Crippen molar-refractivity contribution in [2.75, 3.05) is 32.7 Å². The van der Waals surface area contributed by atoms with Crippen molar-refractivity contribution < 1.29 is 36.3 Å². The molecule has 0 radical (unpaired) electrons. The first-order valence-corrected chi connectivity index (χ1v) is 12.9. The molecule has 0 atom stereocenters. The number of aromatic nitrogens is 1. The highest BCUT2D eigenvalue weighted by Crippen LogP contribution is 2.35. The van der Waals surface area contributed by atoms with Gasteiger partial charge in [-0.15, -0.1) is 0 Å². The second-order valence-corrected chi connectivity index (χ2v) is 10.6. The maximum Gasteiger partial charge on any atom is 0.416 e. The Morgan fingerprint density at radius 2 is 1.59 bits per heavy atom. The number of alkyl halides is 5. The summed E-state index contributed by atoms with van der Waals surface area (Å²) in [6.07, 6.45) is -2.90. The molecule has 12 heteroatoms. The molecule has 7 nitrogen and oxygen atoms in total. The van der Waals surface area contributed by atoms with Gasteiger partial charge in [0.1, 0.15) is 5.60 Å². The van der Waals surface area contributed by atoms with E-state index < -0.39 is 29.4 Å². The van der Waals surface area contributed by atoms with Crippen LogP contribution in [0.3, 0.4) is 0 Å². The first-order valence-electron chi connectivity index (χ1n) is 12.9. The Balaban J connectivity index is 1.12. The van der Waals surface area contributed by atoms with Crippen LogP contribution in [0.5, 0.6) is 0 Å². The van der Waals surface area contributed by atoms with Crippen LogP contribution >= 0.6 is 0 Å². The van der Waals surface area contributed by atoms with Crippen LogP contribution in [-0.4, -0.2) is 75.9 Å². The average molecular weight is 553 g/mol. The monoisotopic (exact) mass is 552 g/mol. The molecule has 0 aliphatic carbocycles. The Bertz CT molecular complexity index is 1190. The topological polar surface area (TPSA) is 66.0 Å². The number of carbonyl (C=O) groups is 2. The van der Waals surface area contributed by atoms with Crippen molar-refractivity contribution in [3.05, 3.63) is 65.0 Å². The molecule has 3 aliphatic heterocycles. The Morgan fingerprint density at radius 3 is 2.18 bits per heavy atom. The summed E-state index contributed by atoms with van der Waals surface area (Å²) in [6.45, 7) is 2.39. The highest BCUT2D eigenvalue weighted by atomic mass is 19.4. The number of piperidine rings is 2. The zero-order chi connectivity index (χ0) is 27.8. The summed E-state index contributed by atoms with van der Waals surface area (Å²) in [7, 11) is 0. The quantitative estimate of drug-likeness (QED) is 0.491. The first kappa shape index (κ1) is 27.3. The number of pyridine rings is 1. The van der Waals surface area contributed by atoms with Crippen LogP contribution in [0.1, 0.15) is 52.9 Å². The number of nitrogens with zero attached hydrogens (tertiary/aromatic N) is 4. The van der Waals surface area contributed by atoms with Gasteiger partial charge in [-0.1, -0.05) is 12.1 Å². The molecule has 1 spiro atoms. The van der Waals surface area contributed by atoms with E-state index in [2.05, 4.69) is 9.88 Å². The van der Waals surface area contributed by atoms with Crippen molar-refractivity contribution in [1.29, 1.82) is 0 Å². The Kier molecular flexibility index (Phi) is 7.25. The Morgan fingerprint density at radius 1 is 0.923 bits per heavy atom. The van der Waals surface area contributed by atoms with Gasteiger partial charge in [-0.3, -0.25) is 19.6 Å². The molecule has 2 amide bonds. The van der Waals surface area contributed by atoms with Gasteiger partial charge in [-0.05, 0) is 29.8 Å². The van der Waals surface area contributed by atoms with E-state index in [1.165, 1.54) is 23.2 Å². The number of hydrogen-bond donors (Lipinski definition) is 0. The van der Waals surface area contributed by atoms with Crippen LogP contribution in [0.25, 0.3) is 0 Å². The van der Waals surface area contributed by atoms with Gasteiger partial charge in [0.25, 0.3) is 11.8 Å². The minimum Gasteiger partial charge on any atom is -0.441 e. The molecule has 0 N–H and O–H groups in total. The molecule has 0 unspecified atom stereocenters. The van der Waals surface area contributed by atoms with Gasteiger partial charge in [0, 0.05) is 64.6 Å². The molecule has 3 saturated heterocycles. The molecule has 3 aliphatic rings. The molecule has 4 heterocycles. The summed E-state index contributed by atoms with van der Waals surface area (Å²) in [4.78, 5) is 34.7. The fraction of sp³-hybridized carbons (Fsp3) is 0.519. The number of benzene rings is 1. The van der Waals surface area contributed by atoms with E-state index in [1.807, 2.05) is 0 Å². The van der Waals surface area contributed by atoms with Crippen molar-refractivity contribution >= 4 is 12.0 Å². The third kappa shape index (κ3) is 6.32. The number of carbonyl (C=O) groups excluding carboxylic acids is 2. The number of likely N-dealkylation sites (tertiary alicyclic amines) is 2. The van der Waals surface area contributed by atoms with Gasteiger partial charge in [-0.2, -0.15) is 13.2 Å². The van der Waals surface area contributed by atoms with Gasteiger partial charge >= 0.3 is 12.3 Å². The van der Waals surface area contributed by atoms with E-state index in [0.29, 0.717) is 50.3 Å². The van der Waals surface area contributed by atoms with Crippen molar-refractivity contribution in [1.82, 2.24) is 19.7 Å². The summed E-state index contributed by atoms with van der Waals surface area (Å²) in [5.41, 5.74) is 0.373. The predicted molar refractivity (Wildman–Crippen MR) is 130 cm³/mol. The van der Waals surface area contributed by atoms with Gasteiger partial charge in [0.2, 0.25) is 0 Å². The van der Waals surface area contributed by atoms with Crippen molar-refractivity contribution in [3.8, 4) is 0 Å². The summed E-state index contributed by atoms with van der Waals surface area (Å²) in [5, 5.41) is 0. The lowest BCUT2D eigenvalue weighted by Crippen LogP contribution is -2.46. The Labute approximate surface area is 222 Å². The second-order valence-electron chi connectivity index (χ2n) is 10.6. The SMILES string of the molecule is O=C1OC2(CCN(Cc3ccc(C(F)(F)F)cc3)CC2)CN1Cc1ccc(C(=O)N2CCC(F)(F)CC2)cn1. The van der Waals surface area contributed by atoms with E-state index in [4.69, 9.17) is 4.74 Å². The molecule has 0 bridgehead atoms. The number of amides is 2. The summed E-state index contributed by atoms with van der Waals surface area (Å²) >= 11 is 0. The van der Waals surface area contributed by atoms with Crippen LogP contribution in [0.2, 0.25) is 0 Å². The normalized spacial score (nSPS) is 21.3. The van der Waals surface area contributed by atoms with E-state index in [1.54, 1.807) is 17.0 Å². The summed E-state index contributed by atoms with van der Waals surface area (Å²) < 4.78 is 70.9. The standard InChI is InChI=1S/C27H29F5N4O3/c28-26(29)9-13-35(14-10-26)23(37)20-3-6-22(33-15-20)17-36-18-25(39-24(36)38)7-11-34(12-8-25)16-19-1-4-21(5-2-19)27(30,31)32/h1-6,15H,7-14,16-18H2. The van der Waals surface area contributed by atoms with Crippen LogP contribution in [0.15, 0.2) is 42.6 Å². The largest absolute Gasteiger partial charge is 0.441 e. The zero-order valence-electron chi connectivity index (χ0n) is 21.2. The van der Waals surface area contributed by atoms with Crippen LogP contribution in [0.4, 0.5) is 26.7 Å². The second kappa shape index (κ2) is 10.4. The number of ether oxygens (including phenoxy) is 1. The highest BCUT2D eigenvalue weighted by molar-refractivity contribution is 5.94. The number of halogens is 5. The van der Waals surface area contributed by atoms with Crippen LogP contribution in [0, 0.1) is 0 Å². The van der Waals surface area contributed by atoms with Crippen LogP contribution < -0.4 is 0 Å². The molecule has 3 fully saturated rings. The molecule has 1 aromatic heterocycles. The maximum atomic E-state index is 13.4. The number of hydrogen-bond acceptors (Lipinski definition) is 5. The minimum atomic E-state index is -4.36. The third-order valence-corrected chi connectivity index (χ3v) is 7.70. The highest BCUT2D eigenvalue weighted by Gasteiger charge is 2.47. The lowest BCUT2D eigenvalue weighted by Gasteiger charge is -2.37. The minimum absolute atomic E-state index is 0.00292. The van der Waals surface area contributed by atoms with E-state index in [-0.39, 0.29) is 38.4 Å². The molecular weight excluding hydrogens is 523 g/mol. The fourth-order valence-electron chi connectivity index (χ4n) is 5.31. The summed E-state index contributed by atoms with van der Waals surface area (Å²) in [6, 6.07) is 8.39. The van der Waals surface area contributed by atoms with E-state index in [0.717, 1.165) is 17.7 Å². The molecule has 39 heavy (non-hydrogen) atoms. The molecule has 2 aromatic rings. The van der Waals surface area contributed by atoms with Crippen molar-refractivity contribution in [3.63, 3.8) is 0 Å². The third-order valence-electron chi connectivity index (χ3n) is 7.70. The van der Waals surface area contributed by atoms with E-state index in [9.17, 15) is 31.5 Å². The van der Waals surface area contributed by atoms with E-state index >= 15 is 0 Å². The molecular formula is C27H29F5N4O3. The fourth-order valence-corrected chi connectivity index (χ4v) is 5.31. The predicted octanol–water partition coefficient (Wildman–Crippen LogP) is 4.96. The van der Waals surface area contributed by atoms with Gasteiger partial charge in [-0.25, -0.2) is 13.6 Å². The average Bonchev–Trinajstić information content (AvgIpc) is 3.19. The molecule has 0 saturated carbocycles. The van der Waals surface area contributed by atoms with Gasteiger partial charge < -0.3 is 9.64 Å². The van der Waals surface area contributed by atoms with Crippen molar-refractivity contribution in [2.24, 2.45) is 0 Å². The van der Waals surface area contributed by atoms with Crippen LogP contribution in [-0.2, 0) is 24.0 Å².